The molecule has 0 bridgehead atoms. The van der Waals surface area contributed by atoms with Gasteiger partial charge in [-0.2, -0.15) is 0 Å². The van der Waals surface area contributed by atoms with Gasteiger partial charge in [-0.05, 0) is 19.3 Å². The molecule has 0 aromatic heterocycles. The monoisotopic (exact) mass is 257 g/mol. The first-order valence-corrected chi connectivity index (χ1v) is 7.01. The molecule has 1 unspecified atom stereocenters. The predicted octanol–water partition coefficient (Wildman–Crippen LogP) is 1.73. The molecule has 1 fully saturated rings. The summed E-state index contributed by atoms with van der Waals surface area (Å²) in [7, 11) is 3.45. The number of methoxy groups -OCH3 is 2. The largest absolute Gasteiger partial charge is 0.385 e. The van der Waals surface area contributed by atoms with Gasteiger partial charge in [0.25, 0.3) is 0 Å². The number of carbonyl (C=O) groups excluding carboxylic acids is 1. The number of Topliss-reactive ketones (excluding diaryl/α,β-unsaturated/α-hetero) is 1. The van der Waals surface area contributed by atoms with Gasteiger partial charge in [0.15, 0.2) is 0 Å². The minimum Gasteiger partial charge on any atom is -0.385 e. The highest BCUT2D eigenvalue weighted by atomic mass is 16.5. The van der Waals surface area contributed by atoms with E-state index in [1.54, 1.807) is 14.2 Å². The summed E-state index contributed by atoms with van der Waals surface area (Å²) < 4.78 is 10.2. The number of rotatable bonds is 9. The average Bonchev–Trinajstić information content (AvgIpc) is 2.38. The fraction of sp³-hybridized carbons (Fsp3) is 0.929. The molecule has 0 amide bonds. The highest BCUT2D eigenvalue weighted by Crippen LogP contribution is 2.21. The molecule has 1 saturated carbocycles. The van der Waals surface area contributed by atoms with Gasteiger partial charge in [0.2, 0.25) is 0 Å². The lowest BCUT2D eigenvalue weighted by molar-refractivity contribution is -0.125. The third-order valence-electron chi connectivity index (χ3n) is 3.59. The summed E-state index contributed by atoms with van der Waals surface area (Å²) >= 11 is 0. The van der Waals surface area contributed by atoms with Gasteiger partial charge < -0.3 is 14.4 Å². The zero-order valence-electron chi connectivity index (χ0n) is 11.8. The molecule has 0 radical (unpaired) electrons. The summed E-state index contributed by atoms with van der Waals surface area (Å²) in [6.45, 7) is 4.30. The summed E-state index contributed by atoms with van der Waals surface area (Å²) in [5, 5.41) is 0. The molecule has 0 N–H and O–H groups in total. The molecular weight excluding hydrogens is 230 g/mol. The minimum atomic E-state index is 0.248. The summed E-state index contributed by atoms with van der Waals surface area (Å²) in [6, 6.07) is 0. The zero-order valence-corrected chi connectivity index (χ0v) is 11.8. The van der Waals surface area contributed by atoms with Gasteiger partial charge in [0.1, 0.15) is 5.78 Å². The van der Waals surface area contributed by atoms with Crippen LogP contribution in [0.2, 0.25) is 0 Å². The zero-order chi connectivity index (χ0) is 13.2. The molecule has 0 saturated heterocycles. The third-order valence-corrected chi connectivity index (χ3v) is 3.59. The van der Waals surface area contributed by atoms with Crippen LogP contribution in [0.5, 0.6) is 0 Å². The number of ketones is 1. The second-order valence-electron chi connectivity index (χ2n) is 5.05. The van der Waals surface area contributed by atoms with E-state index in [-0.39, 0.29) is 5.92 Å². The van der Waals surface area contributed by atoms with Crippen LogP contribution in [0.15, 0.2) is 0 Å². The van der Waals surface area contributed by atoms with Crippen LogP contribution >= 0.6 is 0 Å². The highest BCUT2D eigenvalue weighted by Gasteiger charge is 2.24. The Morgan fingerprint density at radius 3 is 2.61 bits per heavy atom. The maximum absolute atomic E-state index is 11.9. The molecule has 1 atom stereocenters. The van der Waals surface area contributed by atoms with Crippen molar-refractivity contribution in [3.05, 3.63) is 0 Å². The minimum absolute atomic E-state index is 0.248. The van der Waals surface area contributed by atoms with E-state index in [0.29, 0.717) is 5.78 Å². The number of ether oxygens (including phenoxy) is 2. The molecule has 0 aromatic carbocycles. The Hall–Kier alpha value is -0.450. The van der Waals surface area contributed by atoms with Crippen molar-refractivity contribution in [3.63, 3.8) is 0 Å². The highest BCUT2D eigenvalue weighted by molar-refractivity contribution is 5.81. The lowest BCUT2D eigenvalue weighted by Crippen LogP contribution is -2.37. The van der Waals surface area contributed by atoms with Crippen LogP contribution in [-0.4, -0.2) is 57.8 Å². The second-order valence-corrected chi connectivity index (χ2v) is 5.05. The lowest BCUT2D eigenvalue weighted by Gasteiger charge is -2.28. The first kappa shape index (κ1) is 15.6. The Balaban J connectivity index is 2.35. The molecule has 0 aliphatic heterocycles. The lowest BCUT2D eigenvalue weighted by atomic mass is 9.87. The first-order valence-electron chi connectivity index (χ1n) is 7.01. The van der Waals surface area contributed by atoms with Crippen molar-refractivity contribution in [2.24, 2.45) is 5.92 Å². The molecule has 0 heterocycles. The van der Waals surface area contributed by atoms with Gasteiger partial charge in [-0.3, -0.25) is 4.79 Å². The van der Waals surface area contributed by atoms with Crippen LogP contribution in [-0.2, 0) is 14.3 Å². The van der Waals surface area contributed by atoms with Gasteiger partial charge in [0.05, 0.1) is 6.61 Å². The van der Waals surface area contributed by atoms with Crippen molar-refractivity contribution in [3.8, 4) is 0 Å². The van der Waals surface area contributed by atoms with E-state index in [1.165, 1.54) is 6.42 Å². The van der Waals surface area contributed by atoms with Crippen LogP contribution < -0.4 is 0 Å². The maximum Gasteiger partial charge on any atom is 0.137 e. The summed E-state index contributed by atoms with van der Waals surface area (Å²) in [5.74, 6) is 0.702. The molecule has 1 rings (SSSR count). The van der Waals surface area contributed by atoms with Gasteiger partial charge in [-0.1, -0.05) is 6.42 Å². The fourth-order valence-corrected chi connectivity index (χ4v) is 2.51. The predicted molar refractivity (Wildman–Crippen MR) is 71.8 cm³/mol. The molecule has 4 heteroatoms. The van der Waals surface area contributed by atoms with Crippen LogP contribution in [0.4, 0.5) is 0 Å². The Bertz CT molecular complexity index is 233. The molecule has 0 spiro atoms. The second kappa shape index (κ2) is 9.48. The average molecular weight is 257 g/mol. The smallest absolute Gasteiger partial charge is 0.137 e. The van der Waals surface area contributed by atoms with E-state index in [2.05, 4.69) is 4.90 Å². The van der Waals surface area contributed by atoms with E-state index in [1.807, 2.05) is 0 Å². The molecule has 106 valence electrons. The van der Waals surface area contributed by atoms with Crippen molar-refractivity contribution in [2.75, 3.05) is 47.1 Å². The maximum atomic E-state index is 11.9. The fourth-order valence-electron chi connectivity index (χ4n) is 2.51. The van der Waals surface area contributed by atoms with E-state index in [9.17, 15) is 4.79 Å². The van der Waals surface area contributed by atoms with Crippen LogP contribution in [0.25, 0.3) is 0 Å². The number of hydrogen-bond acceptors (Lipinski definition) is 4. The van der Waals surface area contributed by atoms with E-state index >= 15 is 0 Å². The molecule has 1 aliphatic carbocycles. The Morgan fingerprint density at radius 2 is 1.94 bits per heavy atom. The first-order chi connectivity index (χ1) is 8.77. The summed E-state index contributed by atoms with van der Waals surface area (Å²) in [6.07, 6.45) is 5.14. The van der Waals surface area contributed by atoms with Crippen molar-refractivity contribution < 1.29 is 14.3 Å². The summed E-state index contributed by atoms with van der Waals surface area (Å²) in [5.41, 5.74) is 0. The van der Waals surface area contributed by atoms with Crippen molar-refractivity contribution in [1.29, 1.82) is 0 Å². The van der Waals surface area contributed by atoms with E-state index < -0.39 is 0 Å². The Morgan fingerprint density at radius 1 is 1.17 bits per heavy atom. The standard InChI is InChI=1S/C14H27NO3/c1-17-10-5-8-15(9-11-18-2)12-13-6-3-4-7-14(13)16/h13H,3-12H2,1-2H3. The van der Waals surface area contributed by atoms with Crippen molar-refractivity contribution in [1.82, 2.24) is 4.90 Å². The van der Waals surface area contributed by atoms with Gasteiger partial charge in [-0.15, -0.1) is 0 Å². The normalized spacial score (nSPS) is 20.6. The number of hydrogen-bond donors (Lipinski definition) is 0. The number of carbonyl (C=O) groups is 1. The van der Waals surface area contributed by atoms with Crippen LogP contribution in [0.1, 0.15) is 32.1 Å². The topological polar surface area (TPSA) is 38.8 Å². The Kier molecular flexibility index (Phi) is 8.22. The van der Waals surface area contributed by atoms with Crippen molar-refractivity contribution >= 4 is 5.78 Å². The van der Waals surface area contributed by atoms with Crippen molar-refractivity contribution in [2.45, 2.75) is 32.1 Å². The van der Waals surface area contributed by atoms with Gasteiger partial charge in [0, 0.05) is 52.8 Å². The number of nitrogens with zero attached hydrogens (tertiary/aromatic N) is 1. The quantitative estimate of drug-likeness (QED) is 0.590. The molecule has 0 aromatic rings. The third kappa shape index (κ3) is 5.94. The molecular formula is C14H27NO3. The molecule has 4 nitrogen and oxygen atoms in total. The van der Waals surface area contributed by atoms with E-state index in [0.717, 1.165) is 58.5 Å². The molecule has 1 aliphatic rings. The SMILES string of the molecule is COCCCN(CCOC)CC1CCCCC1=O. The van der Waals surface area contributed by atoms with Crippen LogP contribution in [0, 0.1) is 5.92 Å². The molecule has 18 heavy (non-hydrogen) atoms. The summed E-state index contributed by atoms with van der Waals surface area (Å²) in [4.78, 5) is 14.2. The van der Waals surface area contributed by atoms with Gasteiger partial charge in [-0.25, -0.2) is 0 Å². The van der Waals surface area contributed by atoms with Crippen LogP contribution in [0.3, 0.4) is 0 Å². The van der Waals surface area contributed by atoms with Gasteiger partial charge >= 0.3 is 0 Å². The van der Waals surface area contributed by atoms with E-state index in [4.69, 9.17) is 9.47 Å². The Labute approximate surface area is 111 Å².